The third kappa shape index (κ3) is 6.21. The molecule has 2 N–H and O–H groups in total. The molecule has 0 bridgehead atoms. The van der Waals surface area contributed by atoms with E-state index >= 15 is 0 Å². The number of aromatic hydroxyl groups is 1. The summed E-state index contributed by atoms with van der Waals surface area (Å²) in [6.45, 7) is 2.00. The summed E-state index contributed by atoms with van der Waals surface area (Å²) in [6.07, 6.45) is 7.93. The lowest BCUT2D eigenvalue weighted by Gasteiger charge is -2.40. The standard InChI is InChI=1S/C24H33N3O4S/c1-32(29,30)26-23-12-14-27(24-7-2-3-13-25-24)16-20(23)17-31-22-10-8-18(9-11-22)19-5-4-6-21(28)15-19/h2-7,13,15,18,20,22-23,26,28H,8-12,14,16-17H2,1H3/t18-,20?,22+,23?. The lowest BCUT2D eigenvalue weighted by molar-refractivity contribution is -0.00214. The quantitative estimate of drug-likeness (QED) is 0.660. The Balaban J connectivity index is 1.34. The Labute approximate surface area is 190 Å². The van der Waals surface area contributed by atoms with Crippen LogP contribution in [0.15, 0.2) is 48.7 Å². The number of sulfonamides is 1. The summed E-state index contributed by atoms with van der Waals surface area (Å²) in [5.41, 5.74) is 1.19. The Morgan fingerprint density at radius 3 is 2.62 bits per heavy atom. The molecule has 0 spiro atoms. The van der Waals surface area contributed by atoms with Crippen LogP contribution in [0.1, 0.15) is 43.6 Å². The molecule has 2 fully saturated rings. The van der Waals surface area contributed by atoms with Gasteiger partial charge >= 0.3 is 0 Å². The maximum atomic E-state index is 11.9. The maximum absolute atomic E-state index is 11.9. The number of pyridine rings is 1. The largest absolute Gasteiger partial charge is 0.508 e. The summed E-state index contributed by atoms with van der Waals surface area (Å²) in [6, 6.07) is 13.3. The number of piperidine rings is 1. The summed E-state index contributed by atoms with van der Waals surface area (Å²) in [5, 5.41) is 9.75. The van der Waals surface area contributed by atoms with Gasteiger partial charge in [0.05, 0.1) is 19.0 Å². The van der Waals surface area contributed by atoms with Crippen LogP contribution in [-0.2, 0) is 14.8 Å². The highest BCUT2D eigenvalue weighted by molar-refractivity contribution is 7.88. The second kappa shape index (κ2) is 10.2. The number of phenolic OH excluding ortho intramolecular Hbond substituents is 1. The number of rotatable bonds is 7. The van der Waals surface area contributed by atoms with E-state index in [9.17, 15) is 13.5 Å². The van der Waals surface area contributed by atoms with Crippen molar-refractivity contribution in [2.24, 2.45) is 5.92 Å². The zero-order valence-corrected chi connectivity index (χ0v) is 19.4. The third-order valence-electron chi connectivity index (χ3n) is 6.63. The molecule has 7 nitrogen and oxygen atoms in total. The molecule has 1 aliphatic heterocycles. The Kier molecular flexibility index (Phi) is 7.33. The van der Waals surface area contributed by atoms with Crippen LogP contribution in [0.25, 0.3) is 0 Å². The number of nitrogens with zero attached hydrogens (tertiary/aromatic N) is 2. The van der Waals surface area contributed by atoms with Crippen molar-refractivity contribution in [2.45, 2.75) is 50.2 Å². The number of nitrogens with one attached hydrogen (secondary N) is 1. The van der Waals surface area contributed by atoms with Crippen LogP contribution in [0.2, 0.25) is 0 Å². The minimum Gasteiger partial charge on any atom is -0.508 e. The Morgan fingerprint density at radius 2 is 1.94 bits per heavy atom. The second-order valence-corrected chi connectivity index (χ2v) is 10.9. The van der Waals surface area contributed by atoms with E-state index in [2.05, 4.69) is 20.7 Å². The molecule has 0 amide bonds. The number of phenols is 1. The van der Waals surface area contributed by atoms with Crippen LogP contribution in [0, 0.1) is 5.92 Å². The molecular formula is C24H33N3O4S. The van der Waals surface area contributed by atoms with Gasteiger partial charge in [0.2, 0.25) is 10.0 Å². The molecule has 1 aromatic carbocycles. The first-order valence-corrected chi connectivity index (χ1v) is 13.3. The van der Waals surface area contributed by atoms with E-state index in [-0.39, 0.29) is 18.1 Å². The van der Waals surface area contributed by atoms with Crippen LogP contribution in [0.4, 0.5) is 5.82 Å². The van der Waals surface area contributed by atoms with E-state index < -0.39 is 10.0 Å². The van der Waals surface area contributed by atoms with E-state index in [1.807, 2.05) is 30.3 Å². The summed E-state index contributed by atoms with van der Waals surface area (Å²) in [7, 11) is -3.28. The molecule has 2 aliphatic rings. The van der Waals surface area contributed by atoms with Crippen molar-refractivity contribution in [2.75, 3.05) is 30.9 Å². The first-order chi connectivity index (χ1) is 15.4. The lowest BCUT2D eigenvalue weighted by atomic mass is 9.82. The van der Waals surface area contributed by atoms with Gasteiger partial charge < -0.3 is 14.7 Å². The second-order valence-electron chi connectivity index (χ2n) is 9.08. The molecule has 2 aromatic rings. The molecule has 2 atom stereocenters. The molecule has 2 unspecified atom stereocenters. The zero-order chi connectivity index (χ0) is 22.6. The number of hydrogen-bond donors (Lipinski definition) is 2. The number of benzene rings is 1. The molecule has 1 saturated heterocycles. The van der Waals surface area contributed by atoms with Gasteiger partial charge in [-0.05, 0) is 67.9 Å². The predicted molar refractivity (Wildman–Crippen MR) is 125 cm³/mol. The van der Waals surface area contributed by atoms with Crippen LogP contribution < -0.4 is 9.62 Å². The highest BCUT2D eigenvalue weighted by atomic mass is 32.2. The fourth-order valence-electron chi connectivity index (χ4n) is 4.98. The zero-order valence-electron chi connectivity index (χ0n) is 18.6. The molecule has 1 aromatic heterocycles. The van der Waals surface area contributed by atoms with Gasteiger partial charge in [-0.1, -0.05) is 18.2 Å². The monoisotopic (exact) mass is 459 g/mol. The van der Waals surface area contributed by atoms with Gasteiger partial charge in [-0.3, -0.25) is 0 Å². The van der Waals surface area contributed by atoms with E-state index in [1.54, 1.807) is 12.3 Å². The molecule has 8 heteroatoms. The molecule has 0 radical (unpaired) electrons. The van der Waals surface area contributed by atoms with Gasteiger partial charge in [-0.2, -0.15) is 0 Å². The van der Waals surface area contributed by atoms with Gasteiger partial charge in [0, 0.05) is 31.2 Å². The van der Waals surface area contributed by atoms with Crippen LogP contribution in [0.3, 0.4) is 0 Å². The van der Waals surface area contributed by atoms with Gasteiger partial charge in [0.1, 0.15) is 11.6 Å². The minimum absolute atomic E-state index is 0.0595. The third-order valence-corrected chi connectivity index (χ3v) is 7.37. The molecular weight excluding hydrogens is 426 g/mol. The number of aromatic nitrogens is 1. The maximum Gasteiger partial charge on any atom is 0.208 e. The van der Waals surface area contributed by atoms with E-state index in [1.165, 1.54) is 11.8 Å². The Hall–Kier alpha value is -2.16. The summed E-state index contributed by atoms with van der Waals surface area (Å²) < 4.78 is 33.0. The first kappa shape index (κ1) is 23.0. The molecule has 1 aliphatic carbocycles. The van der Waals surface area contributed by atoms with Gasteiger partial charge in [0.25, 0.3) is 0 Å². The van der Waals surface area contributed by atoms with Crippen molar-refractivity contribution in [1.82, 2.24) is 9.71 Å². The molecule has 4 rings (SSSR count). The number of anilines is 1. The SMILES string of the molecule is CS(=O)(=O)NC1CCN(c2ccccn2)CC1CO[C@H]1CC[C@@H](c2cccc(O)c2)CC1. The average molecular weight is 460 g/mol. The van der Waals surface area contributed by atoms with Crippen molar-refractivity contribution >= 4 is 15.8 Å². The lowest BCUT2D eigenvalue weighted by Crippen LogP contribution is -2.52. The predicted octanol–water partition coefficient (Wildman–Crippen LogP) is 3.27. The number of hydrogen-bond acceptors (Lipinski definition) is 6. The Morgan fingerprint density at radius 1 is 1.12 bits per heavy atom. The van der Waals surface area contributed by atoms with Gasteiger partial charge in [-0.15, -0.1) is 0 Å². The normalized spacial score (nSPS) is 26.7. The molecule has 2 heterocycles. The van der Waals surface area contributed by atoms with Gasteiger partial charge in [0.15, 0.2) is 0 Å². The molecule has 174 valence electrons. The summed E-state index contributed by atoms with van der Waals surface area (Å²) >= 11 is 0. The Bertz CT molecular complexity index is 978. The van der Waals surface area contributed by atoms with Crippen LogP contribution in [0.5, 0.6) is 5.75 Å². The van der Waals surface area contributed by atoms with Crippen LogP contribution >= 0.6 is 0 Å². The molecule has 1 saturated carbocycles. The van der Waals surface area contributed by atoms with Crippen molar-refractivity contribution in [3.8, 4) is 5.75 Å². The fourth-order valence-corrected chi connectivity index (χ4v) is 5.84. The van der Waals surface area contributed by atoms with Crippen molar-refractivity contribution in [1.29, 1.82) is 0 Å². The van der Waals surface area contributed by atoms with Crippen molar-refractivity contribution < 1.29 is 18.3 Å². The van der Waals surface area contributed by atoms with E-state index in [0.717, 1.165) is 44.5 Å². The summed E-state index contributed by atoms with van der Waals surface area (Å²) in [5.74, 6) is 1.75. The first-order valence-electron chi connectivity index (χ1n) is 11.4. The van der Waals surface area contributed by atoms with Crippen LogP contribution in [-0.4, -0.2) is 56.6 Å². The van der Waals surface area contributed by atoms with Crippen molar-refractivity contribution in [3.05, 3.63) is 54.2 Å². The minimum atomic E-state index is -3.28. The molecule has 32 heavy (non-hydrogen) atoms. The average Bonchev–Trinajstić information content (AvgIpc) is 2.78. The van der Waals surface area contributed by atoms with Crippen molar-refractivity contribution in [3.63, 3.8) is 0 Å². The highest BCUT2D eigenvalue weighted by Gasteiger charge is 2.33. The summed E-state index contributed by atoms with van der Waals surface area (Å²) in [4.78, 5) is 6.67. The van der Waals surface area contributed by atoms with Gasteiger partial charge in [-0.25, -0.2) is 18.1 Å². The number of ether oxygens (including phenoxy) is 1. The van der Waals surface area contributed by atoms with E-state index in [4.69, 9.17) is 4.74 Å². The smallest absolute Gasteiger partial charge is 0.208 e. The van der Waals surface area contributed by atoms with E-state index in [0.29, 0.717) is 24.8 Å². The fraction of sp³-hybridized carbons (Fsp3) is 0.542. The highest BCUT2D eigenvalue weighted by Crippen LogP contribution is 2.35. The topological polar surface area (TPSA) is 91.8 Å².